The summed E-state index contributed by atoms with van der Waals surface area (Å²) in [6, 6.07) is 5.96. The largest absolute Gasteiger partial charge is 0.508 e. The average Bonchev–Trinajstić information content (AvgIpc) is 3.44. The number of aryl methyl sites for hydroxylation is 1. The summed E-state index contributed by atoms with van der Waals surface area (Å²) >= 11 is 0. The molecule has 4 nitrogen and oxygen atoms in total. The number of carbonyl (C=O) groups excluding carboxylic acids is 1. The number of benzene rings is 1. The summed E-state index contributed by atoms with van der Waals surface area (Å²) in [7, 11) is 0. The van der Waals surface area contributed by atoms with E-state index in [2.05, 4.69) is 25.8 Å². The molecule has 0 aromatic heterocycles. The number of hydrogen-bond acceptors (Lipinski definition) is 4. The lowest BCUT2D eigenvalue weighted by atomic mass is 9.50. The molecule has 0 saturated heterocycles. The maximum absolute atomic E-state index is 11.7. The normalized spacial score (nSPS) is 46.7. The Morgan fingerprint density at radius 2 is 1.64 bits per heavy atom. The van der Waals surface area contributed by atoms with Crippen LogP contribution < -0.4 is 0 Å². The molecule has 3 N–H and O–H groups in total. The van der Waals surface area contributed by atoms with Crippen LogP contribution in [0.2, 0.25) is 0 Å². The van der Waals surface area contributed by atoms with Crippen molar-refractivity contribution in [1.29, 1.82) is 0 Å². The van der Waals surface area contributed by atoms with Gasteiger partial charge in [-0.1, -0.05) is 31.4 Å². The molecule has 8 rings (SSSR count). The molecule has 11 atom stereocenters. The molecule has 42 heavy (non-hydrogen) atoms. The zero-order valence-corrected chi connectivity index (χ0v) is 25.7. The standard InChI is InChI=1S/C20H26O2.C18H24O2/c1-3-20(22)11-9-18-17-6-4-13-12-14(21)5-7-15(13)16(17)8-10-19(18,20)2;1-18-9-8-14-13-5-3-12(19)10-11(13)2-4-15(14)16(18)6-7-17(18)20/h1,12,15-18,22H,4-11H2,2H3;3,5,10,14-17,19-20H,2,4,6-9H2,1H3/t15-,16+,17+,18-,19-,20?;14-,15+,16+,17+,18+/m01/s1. The lowest BCUT2D eigenvalue weighted by Crippen LogP contribution is -2.52. The Morgan fingerprint density at radius 1 is 0.833 bits per heavy atom. The number of fused-ring (bicyclic) bond motifs is 10. The van der Waals surface area contributed by atoms with Crippen LogP contribution in [0.25, 0.3) is 0 Å². The first kappa shape index (κ1) is 28.7. The summed E-state index contributed by atoms with van der Waals surface area (Å²) in [6.45, 7) is 4.55. The zero-order valence-electron chi connectivity index (χ0n) is 25.7. The van der Waals surface area contributed by atoms with E-state index < -0.39 is 5.60 Å². The SMILES string of the molecule is C#CC1(O)CC[C@H]2[C@@H]3CCC4=CC(=O)CC[C@@H]4[C@H]3CC[C@@]21C.C[C@]12CC[C@@H]3c4ccc(O)cc4CC[C@@H]3[C@@H]1CC[C@@H]2O. The fraction of sp³-hybridized carbons (Fsp3) is 0.711. The molecule has 0 aliphatic heterocycles. The van der Waals surface area contributed by atoms with E-state index in [9.17, 15) is 20.1 Å². The molecule has 0 heterocycles. The van der Waals surface area contributed by atoms with E-state index in [0.29, 0.717) is 47.0 Å². The van der Waals surface area contributed by atoms with E-state index in [-0.39, 0.29) is 16.9 Å². The van der Waals surface area contributed by atoms with Crippen molar-refractivity contribution in [3.8, 4) is 18.1 Å². The molecular weight excluding hydrogens is 520 g/mol. The minimum absolute atomic E-state index is 0.0883. The van der Waals surface area contributed by atoms with Crippen molar-refractivity contribution in [3.05, 3.63) is 41.0 Å². The molecule has 5 saturated carbocycles. The third-order valence-corrected chi connectivity index (χ3v) is 14.4. The first-order valence-electron chi connectivity index (χ1n) is 17.0. The predicted octanol–water partition coefficient (Wildman–Crippen LogP) is 7.10. The summed E-state index contributed by atoms with van der Waals surface area (Å²) < 4.78 is 0. The number of aliphatic hydroxyl groups excluding tert-OH is 1. The van der Waals surface area contributed by atoms with Crippen molar-refractivity contribution in [2.24, 2.45) is 46.3 Å². The number of terminal acetylenes is 1. The molecule has 7 aliphatic rings. The second-order valence-electron chi connectivity index (χ2n) is 15.7. The van der Waals surface area contributed by atoms with E-state index in [0.717, 1.165) is 70.1 Å². The highest BCUT2D eigenvalue weighted by Crippen LogP contribution is 2.65. The molecule has 226 valence electrons. The van der Waals surface area contributed by atoms with Gasteiger partial charge in [0, 0.05) is 11.8 Å². The van der Waals surface area contributed by atoms with Crippen LogP contribution in [0, 0.1) is 58.7 Å². The Balaban J connectivity index is 0.000000138. The topological polar surface area (TPSA) is 77.8 Å². The van der Waals surface area contributed by atoms with E-state index in [1.165, 1.54) is 42.4 Å². The maximum atomic E-state index is 11.7. The number of allylic oxidation sites excluding steroid dienone is 1. The molecule has 0 radical (unpaired) electrons. The van der Waals surface area contributed by atoms with Crippen molar-refractivity contribution in [2.75, 3.05) is 0 Å². The molecule has 4 heteroatoms. The number of ketones is 1. The molecule has 1 aromatic carbocycles. The van der Waals surface area contributed by atoms with Crippen LogP contribution >= 0.6 is 0 Å². The minimum Gasteiger partial charge on any atom is -0.508 e. The Hall–Kier alpha value is -2.09. The smallest absolute Gasteiger partial charge is 0.155 e. The van der Waals surface area contributed by atoms with Gasteiger partial charge in [0.15, 0.2) is 5.78 Å². The number of aliphatic hydroxyl groups is 2. The quantitative estimate of drug-likeness (QED) is 0.291. The first-order chi connectivity index (χ1) is 20.1. The molecule has 0 amide bonds. The Kier molecular flexibility index (Phi) is 6.99. The molecule has 0 spiro atoms. The summed E-state index contributed by atoms with van der Waals surface area (Å²) in [5.74, 6) is 8.15. The second-order valence-corrected chi connectivity index (χ2v) is 15.7. The number of phenolic OH excluding ortho intramolecular Hbond substituents is 1. The van der Waals surface area contributed by atoms with Crippen LogP contribution in [0.5, 0.6) is 5.75 Å². The van der Waals surface area contributed by atoms with E-state index in [1.54, 1.807) is 0 Å². The van der Waals surface area contributed by atoms with Crippen molar-refractivity contribution >= 4 is 5.78 Å². The summed E-state index contributed by atoms with van der Waals surface area (Å²) in [5.41, 5.74) is 3.41. The van der Waals surface area contributed by atoms with Gasteiger partial charge in [-0.3, -0.25) is 4.79 Å². The maximum Gasteiger partial charge on any atom is 0.155 e. The third kappa shape index (κ3) is 4.20. The molecule has 1 unspecified atom stereocenters. The van der Waals surface area contributed by atoms with Crippen LogP contribution in [0.1, 0.15) is 114 Å². The first-order valence-corrected chi connectivity index (χ1v) is 17.0. The van der Waals surface area contributed by atoms with Gasteiger partial charge in [-0.15, -0.1) is 6.42 Å². The average molecular weight is 571 g/mol. The van der Waals surface area contributed by atoms with Gasteiger partial charge in [0.25, 0.3) is 0 Å². The highest BCUT2D eigenvalue weighted by Gasteiger charge is 2.62. The van der Waals surface area contributed by atoms with Gasteiger partial charge >= 0.3 is 0 Å². The van der Waals surface area contributed by atoms with Crippen LogP contribution in [-0.4, -0.2) is 32.8 Å². The van der Waals surface area contributed by atoms with Crippen LogP contribution in [0.15, 0.2) is 29.8 Å². The molecular formula is C38H50O4. The van der Waals surface area contributed by atoms with Crippen LogP contribution in [0.3, 0.4) is 0 Å². The van der Waals surface area contributed by atoms with Crippen molar-refractivity contribution in [1.82, 2.24) is 0 Å². The van der Waals surface area contributed by atoms with Crippen molar-refractivity contribution < 1.29 is 20.1 Å². The van der Waals surface area contributed by atoms with Gasteiger partial charge in [-0.2, -0.15) is 0 Å². The van der Waals surface area contributed by atoms with Crippen molar-refractivity contribution in [2.45, 2.75) is 121 Å². The van der Waals surface area contributed by atoms with Gasteiger partial charge in [-0.25, -0.2) is 0 Å². The Bertz CT molecular complexity index is 1320. The summed E-state index contributed by atoms with van der Waals surface area (Å²) in [6.07, 6.45) is 22.5. The summed E-state index contributed by atoms with van der Waals surface area (Å²) in [4.78, 5) is 11.7. The lowest BCUT2D eigenvalue weighted by Gasteiger charge is -2.54. The Labute approximate surface area is 252 Å². The number of phenols is 1. The predicted molar refractivity (Wildman–Crippen MR) is 165 cm³/mol. The molecule has 0 bridgehead atoms. The van der Waals surface area contributed by atoms with Crippen LogP contribution in [-0.2, 0) is 11.2 Å². The number of carbonyl (C=O) groups is 1. The minimum atomic E-state index is -0.902. The molecule has 7 aliphatic carbocycles. The van der Waals surface area contributed by atoms with E-state index >= 15 is 0 Å². The zero-order chi connectivity index (χ0) is 29.4. The second kappa shape index (κ2) is 10.2. The highest BCUT2D eigenvalue weighted by atomic mass is 16.3. The number of rotatable bonds is 0. The third-order valence-electron chi connectivity index (χ3n) is 14.4. The fourth-order valence-electron chi connectivity index (χ4n) is 12.0. The number of aromatic hydroxyl groups is 1. The monoisotopic (exact) mass is 570 g/mol. The van der Waals surface area contributed by atoms with Crippen LogP contribution in [0.4, 0.5) is 0 Å². The fourth-order valence-corrected chi connectivity index (χ4v) is 12.0. The van der Waals surface area contributed by atoms with Gasteiger partial charge in [0.2, 0.25) is 0 Å². The van der Waals surface area contributed by atoms with Gasteiger partial charge in [0.1, 0.15) is 11.4 Å². The summed E-state index contributed by atoms with van der Waals surface area (Å²) in [5, 5.41) is 31.0. The van der Waals surface area contributed by atoms with E-state index in [4.69, 9.17) is 6.42 Å². The van der Waals surface area contributed by atoms with Gasteiger partial charge in [0.05, 0.1) is 6.10 Å². The Morgan fingerprint density at radius 3 is 2.45 bits per heavy atom. The molecule has 5 fully saturated rings. The highest BCUT2D eigenvalue weighted by molar-refractivity contribution is 5.91. The van der Waals surface area contributed by atoms with Gasteiger partial charge < -0.3 is 15.3 Å². The van der Waals surface area contributed by atoms with Crippen molar-refractivity contribution in [3.63, 3.8) is 0 Å². The lowest BCUT2D eigenvalue weighted by molar-refractivity contribution is -0.116. The van der Waals surface area contributed by atoms with Gasteiger partial charge in [-0.05, 0) is 160 Å². The number of hydrogen-bond donors (Lipinski definition) is 3. The van der Waals surface area contributed by atoms with E-state index in [1.807, 2.05) is 18.2 Å². The molecule has 1 aromatic rings.